The first-order valence-electron chi connectivity index (χ1n) is 10.5. The van der Waals surface area contributed by atoms with Gasteiger partial charge in [0.15, 0.2) is 11.5 Å². The third kappa shape index (κ3) is 3.54. The molecule has 0 unspecified atom stereocenters. The minimum Gasteiger partial charge on any atom is -0.493 e. The van der Waals surface area contributed by atoms with Crippen molar-refractivity contribution in [3.05, 3.63) is 82.4 Å². The van der Waals surface area contributed by atoms with E-state index in [1.165, 1.54) is 16.9 Å². The van der Waals surface area contributed by atoms with Crippen molar-refractivity contribution in [3.8, 4) is 17.2 Å². The van der Waals surface area contributed by atoms with E-state index in [-0.39, 0.29) is 12.7 Å². The lowest BCUT2D eigenvalue weighted by atomic mass is 10.1. The molecule has 0 radical (unpaired) electrons. The van der Waals surface area contributed by atoms with Gasteiger partial charge >= 0.3 is 0 Å². The fourth-order valence-corrected chi connectivity index (χ4v) is 4.90. The highest BCUT2D eigenvalue weighted by Crippen LogP contribution is 2.33. The van der Waals surface area contributed by atoms with E-state index >= 15 is 0 Å². The Morgan fingerprint density at radius 1 is 0.906 bits per heavy atom. The summed E-state index contributed by atoms with van der Waals surface area (Å²) in [4.78, 5) is 19.8. The second-order valence-corrected chi connectivity index (χ2v) is 8.81. The van der Waals surface area contributed by atoms with Crippen LogP contribution in [0.3, 0.4) is 0 Å². The summed E-state index contributed by atoms with van der Waals surface area (Å²) < 4.78 is 17.6. The Bertz CT molecular complexity index is 1270. The van der Waals surface area contributed by atoms with Crippen molar-refractivity contribution in [1.29, 1.82) is 0 Å². The molecule has 0 fully saturated rings. The Hall–Kier alpha value is -3.58. The number of hydrogen-bond acceptors (Lipinski definition) is 6. The fraction of sp³-hybridized carbons (Fsp3) is 0.200. The van der Waals surface area contributed by atoms with E-state index in [2.05, 4.69) is 11.1 Å². The normalized spacial score (nSPS) is 13.8. The standard InChI is InChI=1S/C25H20N2O4S/c28-25(19-3-4-20-24(11-19)32-14-26-20)27(12-16-1-5-21-18(9-16)7-8-29-21)13-17-2-6-22-23(10-17)31-15-30-22/h1-6,9-11,14H,7-8,12-13,15H2. The zero-order valence-corrected chi connectivity index (χ0v) is 18.1. The number of aromatic nitrogens is 1. The van der Waals surface area contributed by atoms with Crippen LogP contribution in [0.2, 0.25) is 0 Å². The molecule has 2 aliphatic heterocycles. The van der Waals surface area contributed by atoms with E-state index in [1.54, 1.807) is 5.51 Å². The summed E-state index contributed by atoms with van der Waals surface area (Å²) >= 11 is 1.54. The molecule has 160 valence electrons. The van der Waals surface area contributed by atoms with Crippen molar-refractivity contribution in [2.75, 3.05) is 13.4 Å². The number of carbonyl (C=O) groups is 1. The molecular weight excluding hydrogens is 424 g/mol. The van der Waals surface area contributed by atoms with Crippen molar-refractivity contribution in [2.24, 2.45) is 0 Å². The van der Waals surface area contributed by atoms with Crippen LogP contribution < -0.4 is 14.2 Å². The number of thiazole rings is 1. The van der Waals surface area contributed by atoms with E-state index in [1.807, 2.05) is 53.4 Å². The van der Waals surface area contributed by atoms with Crippen LogP contribution >= 0.6 is 11.3 Å². The maximum atomic E-state index is 13.6. The summed E-state index contributed by atoms with van der Waals surface area (Å²) in [5.41, 5.74) is 6.65. The molecule has 6 rings (SSSR count). The summed E-state index contributed by atoms with van der Waals surface area (Å²) in [6, 6.07) is 17.7. The van der Waals surface area contributed by atoms with Crippen molar-refractivity contribution in [3.63, 3.8) is 0 Å². The quantitative estimate of drug-likeness (QED) is 0.442. The van der Waals surface area contributed by atoms with Crippen molar-refractivity contribution in [2.45, 2.75) is 19.5 Å². The number of amides is 1. The van der Waals surface area contributed by atoms with E-state index in [4.69, 9.17) is 14.2 Å². The average molecular weight is 445 g/mol. The first-order chi connectivity index (χ1) is 15.7. The van der Waals surface area contributed by atoms with E-state index < -0.39 is 0 Å². The molecule has 4 aromatic rings. The predicted molar refractivity (Wildman–Crippen MR) is 121 cm³/mol. The number of hydrogen-bond donors (Lipinski definition) is 0. The number of ether oxygens (including phenoxy) is 3. The van der Waals surface area contributed by atoms with Gasteiger partial charge in [0.05, 0.1) is 22.3 Å². The third-order valence-corrected chi connectivity index (χ3v) is 6.59. The first-order valence-corrected chi connectivity index (χ1v) is 11.4. The van der Waals surface area contributed by atoms with Crippen LogP contribution in [0.4, 0.5) is 0 Å². The molecule has 0 N–H and O–H groups in total. The van der Waals surface area contributed by atoms with Gasteiger partial charge in [0.1, 0.15) is 5.75 Å². The highest BCUT2D eigenvalue weighted by atomic mass is 32.1. The summed E-state index contributed by atoms with van der Waals surface area (Å²) in [5, 5.41) is 0. The van der Waals surface area contributed by atoms with Gasteiger partial charge in [0, 0.05) is 25.1 Å². The molecule has 2 aliphatic rings. The molecule has 0 aliphatic carbocycles. The lowest BCUT2D eigenvalue weighted by molar-refractivity contribution is 0.0730. The van der Waals surface area contributed by atoms with E-state index in [0.717, 1.165) is 45.0 Å². The Morgan fingerprint density at radius 3 is 2.62 bits per heavy atom. The molecule has 0 atom stereocenters. The molecule has 32 heavy (non-hydrogen) atoms. The molecule has 0 saturated heterocycles. The van der Waals surface area contributed by atoms with Crippen molar-refractivity contribution >= 4 is 27.5 Å². The summed E-state index contributed by atoms with van der Waals surface area (Å²) in [6.07, 6.45) is 0.904. The number of nitrogens with zero attached hydrogens (tertiary/aromatic N) is 2. The maximum absolute atomic E-state index is 13.6. The van der Waals surface area contributed by atoms with Gasteiger partial charge in [-0.1, -0.05) is 18.2 Å². The second kappa shape index (κ2) is 7.84. The van der Waals surface area contributed by atoms with Crippen LogP contribution in [0, 0.1) is 0 Å². The van der Waals surface area contributed by atoms with E-state index in [0.29, 0.717) is 25.3 Å². The van der Waals surface area contributed by atoms with Gasteiger partial charge in [-0.05, 0) is 53.1 Å². The third-order valence-electron chi connectivity index (χ3n) is 5.80. The predicted octanol–water partition coefficient (Wildman–Crippen LogP) is 4.80. The minimum atomic E-state index is -0.0188. The SMILES string of the molecule is O=C(c1ccc2ncsc2c1)N(Cc1ccc2c(c1)CCO2)Cc1ccc2c(c1)OCO2. The molecule has 6 nitrogen and oxygen atoms in total. The number of rotatable bonds is 5. The molecular formula is C25H20N2O4S. The van der Waals surface area contributed by atoms with Crippen LogP contribution in [0.15, 0.2) is 60.1 Å². The lowest BCUT2D eigenvalue weighted by Gasteiger charge is -2.24. The molecule has 1 aromatic heterocycles. The number of carbonyl (C=O) groups excluding carboxylic acids is 1. The Morgan fingerprint density at radius 2 is 1.72 bits per heavy atom. The number of fused-ring (bicyclic) bond motifs is 3. The van der Waals surface area contributed by atoms with Gasteiger partial charge in [0.25, 0.3) is 5.91 Å². The monoisotopic (exact) mass is 444 g/mol. The van der Waals surface area contributed by atoms with Crippen LogP contribution in [0.1, 0.15) is 27.0 Å². The van der Waals surface area contributed by atoms with Crippen molar-refractivity contribution in [1.82, 2.24) is 9.88 Å². The van der Waals surface area contributed by atoms with Gasteiger partial charge in [-0.3, -0.25) is 4.79 Å². The summed E-state index contributed by atoms with van der Waals surface area (Å²) in [6.45, 7) is 1.91. The Balaban J connectivity index is 1.33. The molecule has 3 heterocycles. The van der Waals surface area contributed by atoms with Crippen molar-refractivity contribution < 1.29 is 19.0 Å². The zero-order valence-electron chi connectivity index (χ0n) is 17.2. The maximum Gasteiger partial charge on any atom is 0.254 e. The van der Waals surface area contributed by atoms with Gasteiger partial charge in [0.2, 0.25) is 6.79 Å². The van der Waals surface area contributed by atoms with Crippen LogP contribution in [-0.2, 0) is 19.5 Å². The molecule has 1 amide bonds. The molecule has 0 spiro atoms. The van der Waals surface area contributed by atoms with Gasteiger partial charge in [-0.25, -0.2) is 4.98 Å². The molecule has 3 aromatic carbocycles. The van der Waals surface area contributed by atoms with Crippen LogP contribution in [0.25, 0.3) is 10.2 Å². The first kappa shape index (κ1) is 19.1. The second-order valence-electron chi connectivity index (χ2n) is 7.92. The van der Waals surface area contributed by atoms with Crippen LogP contribution in [0.5, 0.6) is 17.2 Å². The Kier molecular flexibility index (Phi) is 4.69. The molecule has 0 bridgehead atoms. The fourth-order valence-electron chi connectivity index (χ4n) is 4.19. The van der Waals surface area contributed by atoms with Gasteiger partial charge in [-0.15, -0.1) is 11.3 Å². The summed E-state index contributed by atoms with van der Waals surface area (Å²) in [5.74, 6) is 2.38. The Labute approximate surface area is 189 Å². The molecule has 7 heteroatoms. The molecule has 0 saturated carbocycles. The minimum absolute atomic E-state index is 0.0188. The number of benzene rings is 3. The highest BCUT2D eigenvalue weighted by molar-refractivity contribution is 7.16. The smallest absolute Gasteiger partial charge is 0.254 e. The highest BCUT2D eigenvalue weighted by Gasteiger charge is 2.21. The van der Waals surface area contributed by atoms with Crippen LogP contribution in [-0.4, -0.2) is 29.2 Å². The zero-order chi connectivity index (χ0) is 21.5. The summed E-state index contributed by atoms with van der Waals surface area (Å²) in [7, 11) is 0. The van der Waals surface area contributed by atoms with Gasteiger partial charge < -0.3 is 19.1 Å². The lowest BCUT2D eigenvalue weighted by Crippen LogP contribution is -2.30. The average Bonchev–Trinajstić information content (AvgIpc) is 3.57. The van der Waals surface area contributed by atoms with Gasteiger partial charge in [-0.2, -0.15) is 0 Å². The largest absolute Gasteiger partial charge is 0.493 e. The van der Waals surface area contributed by atoms with E-state index in [9.17, 15) is 4.79 Å². The topological polar surface area (TPSA) is 60.9 Å².